The van der Waals surface area contributed by atoms with Crippen molar-refractivity contribution in [3.63, 3.8) is 0 Å². The van der Waals surface area contributed by atoms with E-state index in [1.54, 1.807) is 38.1 Å². The zero-order chi connectivity index (χ0) is 30.2. The standard InChI is InChI=1S/C33H28BrN3O5/c1-21(35-41-23(3)38)25-7-15-30(16-8-25)37(31-17-9-26(10-18-31)22(2)36-42-24(4)39)32-19-11-28(12-20-32)33(40)27-5-13-29(34)14-6-27/h5-20H,1-4H3/b35-21+,36-22+. The fourth-order valence-corrected chi connectivity index (χ4v) is 4.32. The summed E-state index contributed by atoms with van der Waals surface area (Å²) in [6.07, 6.45) is 0. The quantitative estimate of drug-likeness (QED) is 0.0817. The van der Waals surface area contributed by atoms with E-state index in [1.165, 1.54) is 13.8 Å². The topological polar surface area (TPSA) is 97.6 Å². The van der Waals surface area contributed by atoms with Gasteiger partial charge in [0.2, 0.25) is 0 Å². The first-order valence-corrected chi connectivity index (χ1v) is 13.8. The number of anilines is 3. The summed E-state index contributed by atoms with van der Waals surface area (Å²) in [5, 5.41) is 7.74. The van der Waals surface area contributed by atoms with Crippen LogP contribution in [0.3, 0.4) is 0 Å². The molecule has 0 aliphatic rings. The molecule has 0 saturated heterocycles. The number of nitrogens with zero attached hydrogens (tertiary/aromatic N) is 3. The number of benzene rings is 4. The Bertz CT molecular complexity index is 1570. The third kappa shape index (κ3) is 7.64. The number of carbonyl (C=O) groups is 3. The summed E-state index contributed by atoms with van der Waals surface area (Å²) < 4.78 is 0.905. The summed E-state index contributed by atoms with van der Waals surface area (Å²) in [6.45, 7) is 6.11. The highest BCUT2D eigenvalue weighted by atomic mass is 79.9. The minimum Gasteiger partial charge on any atom is -0.318 e. The highest BCUT2D eigenvalue weighted by Gasteiger charge is 2.16. The smallest absolute Gasteiger partial charge is 0.318 e. The van der Waals surface area contributed by atoms with Gasteiger partial charge in [0, 0.05) is 46.5 Å². The summed E-state index contributed by atoms with van der Waals surface area (Å²) in [6, 6.07) is 30.0. The number of hydrogen-bond donors (Lipinski definition) is 0. The molecule has 0 saturated carbocycles. The molecule has 0 spiro atoms. The van der Waals surface area contributed by atoms with E-state index < -0.39 is 11.9 Å². The molecule has 0 N–H and O–H groups in total. The molecule has 8 nitrogen and oxygen atoms in total. The Hall–Kier alpha value is -4.89. The van der Waals surface area contributed by atoms with E-state index >= 15 is 0 Å². The zero-order valence-electron chi connectivity index (χ0n) is 23.5. The lowest BCUT2D eigenvalue weighted by molar-refractivity contribution is -0.141. The van der Waals surface area contributed by atoms with Crippen LogP contribution >= 0.6 is 15.9 Å². The van der Waals surface area contributed by atoms with Crippen molar-refractivity contribution in [2.45, 2.75) is 27.7 Å². The fourth-order valence-electron chi connectivity index (χ4n) is 4.05. The maximum absolute atomic E-state index is 13.1. The molecule has 0 unspecified atom stereocenters. The number of hydrogen-bond acceptors (Lipinski definition) is 8. The average molecular weight is 627 g/mol. The van der Waals surface area contributed by atoms with Crippen LogP contribution in [-0.4, -0.2) is 29.1 Å². The van der Waals surface area contributed by atoms with Gasteiger partial charge in [-0.1, -0.05) is 50.5 Å². The summed E-state index contributed by atoms with van der Waals surface area (Å²) >= 11 is 3.40. The third-order valence-electron chi connectivity index (χ3n) is 6.20. The molecule has 212 valence electrons. The second kappa shape index (κ2) is 13.6. The van der Waals surface area contributed by atoms with Crippen LogP contribution in [0.25, 0.3) is 0 Å². The number of rotatable bonds is 9. The molecule has 0 aromatic heterocycles. The summed E-state index contributed by atoms with van der Waals surface area (Å²) in [5.41, 5.74) is 6.42. The predicted molar refractivity (Wildman–Crippen MR) is 167 cm³/mol. The van der Waals surface area contributed by atoms with Gasteiger partial charge in [-0.25, -0.2) is 9.59 Å². The second-order valence-electron chi connectivity index (χ2n) is 9.33. The highest BCUT2D eigenvalue weighted by Crippen LogP contribution is 2.35. The second-order valence-corrected chi connectivity index (χ2v) is 10.2. The van der Waals surface area contributed by atoms with Gasteiger partial charge in [0.25, 0.3) is 0 Å². The highest BCUT2D eigenvalue weighted by molar-refractivity contribution is 9.10. The number of halogens is 1. The molecule has 9 heteroatoms. The van der Waals surface area contributed by atoms with Crippen LogP contribution in [0.1, 0.15) is 54.7 Å². The normalized spacial score (nSPS) is 11.5. The van der Waals surface area contributed by atoms with Crippen LogP contribution in [0.4, 0.5) is 17.1 Å². The van der Waals surface area contributed by atoms with Crippen molar-refractivity contribution in [3.8, 4) is 0 Å². The largest absolute Gasteiger partial charge is 0.331 e. The first-order valence-electron chi connectivity index (χ1n) is 13.0. The molecule has 0 aliphatic heterocycles. The Morgan fingerprint density at radius 2 is 0.833 bits per heavy atom. The van der Waals surface area contributed by atoms with Crippen molar-refractivity contribution in [3.05, 3.63) is 124 Å². The zero-order valence-corrected chi connectivity index (χ0v) is 25.1. The van der Waals surface area contributed by atoms with E-state index in [2.05, 4.69) is 26.2 Å². The van der Waals surface area contributed by atoms with E-state index in [-0.39, 0.29) is 5.78 Å². The van der Waals surface area contributed by atoms with Crippen LogP contribution < -0.4 is 4.90 Å². The van der Waals surface area contributed by atoms with E-state index in [0.29, 0.717) is 22.6 Å². The summed E-state index contributed by atoms with van der Waals surface area (Å²) in [5.74, 6) is -1.05. The molecule has 0 radical (unpaired) electrons. The monoisotopic (exact) mass is 625 g/mol. The molecule has 0 aliphatic carbocycles. The third-order valence-corrected chi connectivity index (χ3v) is 6.73. The van der Waals surface area contributed by atoms with Crippen molar-refractivity contribution in [2.24, 2.45) is 10.3 Å². The first kappa shape index (κ1) is 30.1. The van der Waals surface area contributed by atoms with E-state index in [9.17, 15) is 14.4 Å². The molecule has 0 bridgehead atoms. The van der Waals surface area contributed by atoms with Gasteiger partial charge in [-0.3, -0.25) is 4.79 Å². The Balaban J connectivity index is 1.69. The van der Waals surface area contributed by atoms with Gasteiger partial charge >= 0.3 is 11.9 Å². The van der Waals surface area contributed by atoms with Crippen LogP contribution in [0, 0.1) is 0 Å². The molecular weight excluding hydrogens is 598 g/mol. The lowest BCUT2D eigenvalue weighted by Crippen LogP contribution is -2.11. The van der Waals surface area contributed by atoms with E-state index in [4.69, 9.17) is 9.68 Å². The Kier molecular flexibility index (Phi) is 9.77. The molecule has 4 rings (SSSR count). The van der Waals surface area contributed by atoms with Gasteiger partial charge in [-0.05, 0) is 97.8 Å². The summed E-state index contributed by atoms with van der Waals surface area (Å²) in [4.78, 5) is 46.9. The fraction of sp³-hybridized carbons (Fsp3) is 0.121. The molecule has 0 fully saturated rings. The number of oxime groups is 2. The number of carbonyl (C=O) groups excluding carboxylic acids is 3. The van der Waals surface area contributed by atoms with Gasteiger partial charge < -0.3 is 14.6 Å². The molecule has 0 heterocycles. The van der Waals surface area contributed by atoms with Gasteiger partial charge in [-0.2, -0.15) is 0 Å². The van der Waals surface area contributed by atoms with E-state index in [1.807, 2.05) is 77.7 Å². The maximum Gasteiger partial charge on any atom is 0.331 e. The molecule has 4 aromatic carbocycles. The minimum atomic E-state index is -0.490. The average Bonchev–Trinajstić information content (AvgIpc) is 3.00. The van der Waals surface area contributed by atoms with Crippen molar-refractivity contribution in [1.82, 2.24) is 0 Å². The number of ketones is 1. The molecular formula is C33H28BrN3O5. The molecule has 42 heavy (non-hydrogen) atoms. The lowest BCUT2D eigenvalue weighted by atomic mass is 10.0. The van der Waals surface area contributed by atoms with Crippen molar-refractivity contribution >= 4 is 62.1 Å². The Morgan fingerprint density at radius 3 is 1.17 bits per heavy atom. The van der Waals surface area contributed by atoms with Gasteiger partial charge in [0.1, 0.15) is 0 Å². The van der Waals surface area contributed by atoms with Crippen molar-refractivity contribution in [2.75, 3.05) is 4.90 Å². The first-order chi connectivity index (χ1) is 20.1. The lowest BCUT2D eigenvalue weighted by Gasteiger charge is -2.26. The van der Waals surface area contributed by atoms with Crippen LogP contribution in [0.15, 0.2) is 112 Å². The van der Waals surface area contributed by atoms with Crippen LogP contribution in [-0.2, 0) is 19.3 Å². The minimum absolute atomic E-state index is 0.0700. The van der Waals surface area contributed by atoms with Gasteiger partial charge in [0.05, 0.1) is 11.4 Å². The van der Waals surface area contributed by atoms with E-state index in [0.717, 1.165) is 32.7 Å². The maximum atomic E-state index is 13.1. The van der Waals surface area contributed by atoms with Crippen molar-refractivity contribution < 1.29 is 24.1 Å². The SMILES string of the molecule is CC(=O)O/N=C(\C)c1ccc(N(c2ccc(C(=O)c3ccc(Br)cc3)cc2)c2ccc(/C(C)=N/OC(C)=O)cc2)cc1. The summed E-state index contributed by atoms with van der Waals surface area (Å²) in [7, 11) is 0. The van der Waals surface area contributed by atoms with Gasteiger partial charge in [-0.15, -0.1) is 0 Å². The molecule has 0 atom stereocenters. The Morgan fingerprint density at radius 1 is 0.524 bits per heavy atom. The predicted octanol–water partition coefficient (Wildman–Crippen LogP) is 7.72. The van der Waals surface area contributed by atoms with Crippen molar-refractivity contribution in [1.29, 1.82) is 0 Å². The Labute approximate surface area is 252 Å². The van der Waals surface area contributed by atoms with Crippen LogP contribution in [0.5, 0.6) is 0 Å². The van der Waals surface area contributed by atoms with Gasteiger partial charge in [0.15, 0.2) is 5.78 Å². The molecule has 4 aromatic rings. The van der Waals surface area contributed by atoms with Crippen LogP contribution in [0.2, 0.25) is 0 Å². The molecule has 0 amide bonds.